The standard InChI is InChI=1S/C16H20ClN3O4S/c17-14-9-12(20(22)23)1-2-13(14)15(21)18-10-16(3-8-25-11-16)19-4-6-24-7-5-19/h1-2,9H,3-8,10-11H2,(H,18,21). The molecule has 0 aliphatic carbocycles. The van der Waals surface area contributed by atoms with E-state index in [2.05, 4.69) is 10.2 Å². The number of nitro groups is 1. The first kappa shape index (κ1) is 18.4. The molecule has 136 valence electrons. The number of rotatable bonds is 5. The van der Waals surface area contributed by atoms with E-state index in [-0.39, 0.29) is 27.7 Å². The highest BCUT2D eigenvalue weighted by molar-refractivity contribution is 7.99. The van der Waals surface area contributed by atoms with Crippen LogP contribution in [-0.4, -0.2) is 65.6 Å². The molecule has 0 radical (unpaired) electrons. The van der Waals surface area contributed by atoms with Gasteiger partial charge >= 0.3 is 0 Å². The summed E-state index contributed by atoms with van der Waals surface area (Å²) in [6.45, 7) is 3.71. The summed E-state index contributed by atoms with van der Waals surface area (Å²) >= 11 is 7.95. The maximum atomic E-state index is 12.5. The van der Waals surface area contributed by atoms with Crippen LogP contribution in [0.25, 0.3) is 0 Å². The van der Waals surface area contributed by atoms with Crippen LogP contribution in [0.1, 0.15) is 16.8 Å². The summed E-state index contributed by atoms with van der Waals surface area (Å²) in [5.74, 6) is 1.75. The zero-order chi connectivity index (χ0) is 17.9. The van der Waals surface area contributed by atoms with E-state index >= 15 is 0 Å². The number of morpholine rings is 1. The molecule has 1 aromatic rings. The summed E-state index contributed by atoms with van der Waals surface area (Å²) in [5, 5.41) is 13.8. The maximum absolute atomic E-state index is 12.5. The number of carbonyl (C=O) groups excluding carboxylic acids is 1. The smallest absolute Gasteiger partial charge is 0.270 e. The summed E-state index contributed by atoms with van der Waals surface area (Å²) in [6.07, 6.45) is 1.02. The van der Waals surface area contributed by atoms with Gasteiger partial charge < -0.3 is 10.1 Å². The maximum Gasteiger partial charge on any atom is 0.270 e. The largest absolute Gasteiger partial charge is 0.379 e. The third kappa shape index (κ3) is 4.08. The normalized spacial score (nSPS) is 24.2. The summed E-state index contributed by atoms with van der Waals surface area (Å²) in [6, 6.07) is 3.91. The number of nitrogens with one attached hydrogen (secondary N) is 1. The molecule has 9 heteroatoms. The summed E-state index contributed by atoms with van der Waals surface area (Å²) in [4.78, 5) is 25.2. The first-order valence-corrected chi connectivity index (χ1v) is 9.68. The van der Waals surface area contributed by atoms with Gasteiger partial charge in [0.2, 0.25) is 0 Å². The molecular weight excluding hydrogens is 366 g/mol. The molecule has 0 saturated carbocycles. The number of ether oxygens (including phenoxy) is 1. The molecule has 2 saturated heterocycles. The van der Waals surface area contributed by atoms with Crippen molar-refractivity contribution in [2.45, 2.75) is 12.0 Å². The number of thioether (sulfide) groups is 1. The molecule has 2 aliphatic rings. The van der Waals surface area contributed by atoms with E-state index in [1.165, 1.54) is 18.2 Å². The summed E-state index contributed by atoms with van der Waals surface area (Å²) in [7, 11) is 0. The molecule has 25 heavy (non-hydrogen) atoms. The molecule has 1 atom stereocenters. The van der Waals surface area contributed by atoms with Crippen LogP contribution in [0.3, 0.4) is 0 Å². The quantitative estimate of drug-likeness (QED) is 0.617. The number of amides is 1. The fraction of sp³-hybridized carbons (Fsp3) is 0.562. The number of halogens is 1. The molecule has 3 rings (SSSR count). The van der Waals surface area contributed by atoms with Crippen molar-refractivity contribution >= 4 is 35.0 Å². The highest BCUT2D eigenvalue weighted by atomic mass is 35.5. The second kappa shape index (κ2) is 7.90. The third-order valence-corrected chi connectivity index (χ3v) is 6.30. The Labute approximate surface area is 155 Å². The van der Waals surface area contributed by atoms with Gasteiger partial charge in [0.25, 0.3) is 11.6 Å². The van der Waals surface area contributed by atoms with Gasteiger partial charge in [0, 0.05) is 43.1 Å². The molecule has 1 N–H and O–H groups in total. The first-order chi connectivity index (χ1) is 12.0. The van der Waals surface area contributed by atoms with E-state index in [0.717, 1.165) is 31.0 Å². The number of carbonyl (C=O) groups is 1. The molecule has 2 heterocycles. The Kier molecular flexibility index (Phi) is 5.83. The Morgan fingerprint density at radius 2 is 2.20 bits per heavy atom. The molecule has 0 bridgehead atoms. The Morgan fingerprint density at radius 3 is 2.80 bits per heavy atom. The number of benzene rings is 1. The highest BCUT2D eigenvalue weighted by Crippen LogP contribution is 2.33. The van der Waals surface area contributed by atoms with Gasteiger partial charge in [-0.25, -0.2) is 0 Å². The van der Waals surface area contributed by atoms with Gasteiger partial charge in [-0.05, 0) is 18.2 Å². The highest BCUT2D eigenvalue weighted by Gasteiger charge is 2.41. The molecule has 1 aromatic carbocycles. The van der Waals surface area contributed by atoms with E-state index < -0.39 is 4.92 Å². The van der Waals surface area contributed by atoms with Crippen LogP contribution in [0.4, 0.5) is 5.69 Å². The second-order valence-corrected chi connectivity index (χ2v) is 7.74. The predicted molar refractivity (Wildman–Crippen MR) is 97.5 cm³/mol. The fourth-order valence-corrected chi connectivity index (χ4v) is 5.01. The predicted octanol–water partition coefficient (Wildman–Crippen LogP) is 2.19. The van der Waals surface area contributed by atoms with Crippen molar-refractivity contribution in [3.05, 3.63) is 38.9 Å². The van der Waals surface area contributed by atoms with Crippen LogP contribution in [0.15, 0.2) is 18.2 Å². The minimum Gasteiger partial charge on any atom is -0.379 e. The molecule has 1 amide bonds. The van der Waals surface area contributed by atoms with Crippen molar-refractivity contribution in [3.8, 4) is 0 Å². The van der Waals surface area contributed by atoms with Gasteiger partial charge in [-0.2, -0.15) is 11.8 Å². The third-order valence-electron chi connectivity index (χ3n) is 4.75. The zero-order valence-electron chi connectivity index (χ0n) is 13.7. The molecule has 0 spiro atoms. The average Bonchev–Trinajstić information content (AvgIpc) is 3.10. The molecule has 2 aliphatic heterocycles. The lowest BCUT2D eigenvalue weighted by molar-refractivity contribution is -0.384. The van der Waals surface area contributed by atoms with Crippen molar-refractivity contribution in [1.29, 1.82) is 0 Å². The summed E-state index contributed by atoms with van der Waals surface area (Å²) < 4.78 is 5.44. The zero-order valence-corrected chi connectivity index (χ0v) is 15.3. The lowest BCUT2D eigenvalue weighted by Gasteiger charge is -2.43. The Morgan fingerprint density at radius 1 is 1.44 bits per heavy atom. The molecule has 0 aromatic heterocycles. The summed E-state index contributed by atoms with van der Waals surface area (Å²) in [5.41, 5.74) is 0.0748. The molecular formula is C16H20ClN3O4S. The van der Waals surface area contributed by atoms with E-state index in [0.29, 0.717) is 19.8 Å². The van der Waals surface area contributed by atoms with Crippen LogP contribution >= 0.6 is 23.4 Å². The van der Waals surface area contributed by atoms with E-state index in [1.54, 1.807) is 0 Å². The number of nitro benzene ring substituents is 1. The van der Waals surface area contributed by atoms with Crippen molar-refractivity contribution in [2.24, 2.45) is 0 Å². The lowest BCUT2D eigenvalue weighted by atomic mass is 9.95. The van der Waals surface area contributed by atoms with Crippen LogP contribution in [0.2, 0.25) is 5.02 Å². The van der Waals surface area contributed by atoms with Crippen LogP contribution in [0, 0.1) is 10.1 Å². The second-order valence-electron chi connectivity index (χ2n) is 6.23. The van der Waals surface area contributed by atoms with Gasteiger partial charge in [0.05, 0.1) is 28.7 Å². The minimum absolute atomic E-state index is 0.0582. The van der Waals surface area contributed by atoms with Crippen molar-refractivity contribution in [1.82, 2.24) is 10.2 Å². The van der Waals surface area contributed by atoms with Gasteiger partial charge in [-0.3, -0.25) is 19.8 Å². The number of non-ortho nitro benzene ring substituents is 1. The van der Waals surface area contributed by atoms with Crippen molar-refractivity contribution in [3.63, 3.8) is 0 Å². The van der Waals surface area contributed by atoms with E-state index in [9.17, 15) is 14.9 Å². The molecule has 7 nitrogen and oxygen atoms in total. The average molecular weight is 386 g/mol. The van der Waals surface area contributed by atoms with Gasteiger partial charge in [-0.15, -0.1) is 0 Å². The van der Waals surface area contributed by atoms with Gasteiger partial charge in [0.1, 0.15) is 0 Å². The minimum atomic E-state index is -0.531. The van der Waals surface area contributed by atoms with Crippen LogP contribution < -0.4 is 5.32 Å². The van der Waals surface area contributed by atoms with E-state index in [1.807, 2.05) is 11.8 Å². The SMILES string of the molecule is O=C(NCC1(N2CCOCC2)CCSC1)c1ccc([N+](=O)[O-])cc1Cl. The van der Waals surface area contributed by atoms with Gasteiger partial charge in [-0.1, -0.05) is 11.6 Å². The van der Waals surface area contributed by atoms with Crippen molar-refractivity contribution < 1.29 is 14.5 Å². The van der Waals surface area contributed by atoms with Crippen molar-refractivity contribution in [2.75, 3.05) is 44.4 Å². The number of hydrogen-bond donors (Lipinski definition) is 1. The molecule has 2 fully saturated rings. The fourth-order valence-electron chi connectivity index (χ4n) is 3.28. The van der Waals surface area contributed by atoms with Crippen LogP contribution in [-0.2, 0) is 4.74 Å². The monoisotopic (exact) mass is 385 g/mol. The lowest BCUT2D eigenvalue weighted by Crippen LogP contribution is -2.59. The van der Waals surface area contributed by atoms with Crippen LogP contribution in [0.5, 0.6) is 0 Å². The van der Waals surface area contributed by atoms with E-state index in [4.69, 9.17) is 16.3 Å². The Hall–Kier alpha value is -1.35. The number of nitrogens with zero attached hydrogens (tertiary/aromatic N) is 2. The molecule has 1 unspecified atom stereocenters. The topological polar surface area (TPSA) is 84.7 Å². The number of hydrogen-bond acceptors (Lipinski definition) is 6. The first-order valence-electron chi connectivity index (χ1n) is 8.14. The Balaban J connectivity index is 1.68. The Bertz CT molecular complexity index is 661. The van der Waals surface area contributed by atoms with Gasteiger partial charge in [0.15, 0.2) is 0 Å².